The van der Waals surface area contributed by atoms with Gasteiger partial charge in [-0.3, -0.25) is 4.79 Å². The number of nitrogens with zero attached hydrogens (tertiary/aromatic N) is 2. The van der Waals surface area contributed by atoms with Crippen molar-refractivity contribution >= 4 is 50.1 Å². The van der Waals surface area contributed by atoms with E-state index >= 15 is 0 Å². The second-order valence-corrected chi connectivity index (χ2v) is 6.06. The number of halogens is 1. The fraction of sp³-hybridized carbons (Fsp3) is 0.118. The van der Waals surface area contributed by atoms with Crippen molar-refractivity contribution in [2.75, 3.05) is 10.6 Å². The monoisotopic (exact) mass is 370 g/mol. The summed E-state index contributed by atoms with van der Waals surface area (Å²) in [4.78, 5) is 20.1. The Morgan fingerprint density at radius 1 is 1.22 bits per heavy atom. The van der Waals surface area contributed by atoms with Crippen LogP contribution in [0.25, 0.3) is 10.9 Å². The number of aryl methyl sites for hydroxylation is 1. The molecule has 0 spiro atoms. The van der Waals surface area contributed by atoms with Crippen molar-refractivity contribution in [3.8, 4) is 0 Å². The second-order valence-electron chi connectivity index (χ2n) is 5.21. The lowest BCUT2D eigenvalue weighted by Crippen LogP contribution is -2.07. The quantitative estimate of drug-likeness (QED) is 0.716. The van der Waals surface area contributed by atoms with Gasteiger partial charge in [0, 0.05) is 34.4 Å². The Labute approximate surface area is 142 Å². The van der Waals surface area contributed by atoms with Gasteiger partial charge in [0.2, 0.25) is 11.9 Å². The Balaban J connectivity index is 1.92. The van der Waals surface area contributed by atoms with E-state index in [9.17, 15) is 4.79 Å². The zero-order valence-corrected chi connectivity index (χ0v) is 14.3. The maximum atomic E-state index is 11.3. The minimum absolute atomic E-state index is 0.101. The highest BCUT2D eigenvalue weighted by molar-refractivity contribution is 9.10. The molecule has 23 heavy (non-hydrogen) atoms. The molecule has 0 radical (unpaired) electrons. The van der Waals surface area contributed by atoms with Crippen LogP contribution in [0, 0.1) is 6.92 Å². The van der Waals surface area contributed by atoms with E-state index in [0.717, 1.165) is 32.3 Å². The molecule has 2 N–H and O–H groups in total. The Morgan fingerprint density at radius 2 is 2.04 bits per heavy atom. The van der Waals surface area contributed by atoms with E-state index in [0.29, 0.717) is 5.95 Å². The van der Waals surface area contributed by atoms with Gasteiger partial charge in [0.15, 0.2) is 0 Å². The third kappa shape index (κ3) is 3.48. The third-order valence-corrected chi connectivity index (χ3v) is 4.01. The number of para-hydroxylation sites is 1. The smallest absolute Gasteiger partial charge is 0.227 e. The second kappa shape index (κ2) is 6.34. The Kier molecular flexibility index (Phi) is 4.25. The maximum Gasteiger partial charge on any atom is 0.227 e. The molecule has 6 heteroatoms. The molecule has 0 aliphatic carbocycles. The van der Waals surface area contributed by atoms with E-state index < -0.39 is 0 Å². The lowest BCUT2D eigenvalue weighted by molar-refractivity contribution is -0.114. The number of hydrogen-bond donors (Lipinski definition) is 2. The number of benzene rings is 2. The van der Waals surface area contributed by atoms with Crippen LogP contribution in [0.4, 0.5) is 17.3 Å². The zero-order chi connectivity index (χ0) is 16.4. The number of rotatable bonds is 3. The summed E-state index contributed by atoms with van der Waals surface area (Å²) in [6, 6.07) is 11.6. The fourth-order valence-corrected chi connectivity index (χ4v) is 2.70. The van der Waals surface area contributed by atoms with E-state index in [2.05, 4.69) is 36.5 Å². The number of nitrogens with one attached hydrogen (secondary N) is 2. The van der Waals surface area contributed by atoms with Gasteiger partial charge in [-0.05, 0) is 46.6 Å². The molecule has 2 aromatic carbocycles. The minimum atomic E-state index is -0.101. The lowest BCUT2D eigenvalue weighted by atomic mass is 10.2. The van der Waals surface area contributed by atoms with Crippen LogP contribution in [-0.2, 0) is 4.79 Å². The van der Waals surface area contributed by atoms with Crippen molar-refractivity contribution in [2.24, 2.45) is 0 Å². The van der Waals surface area contributed by atoms with Crippen LogP contribution < -0.4 is 10.6 Å². The first-order chi connectivity index (χ1) is 11.0. The highest BCUT2D eigenvalue weighted by Gasteiger charge is 2.06. The highest BCUT2D eigenvalue weighted by atomic mass is 79.9. The molecule has 116 valence electrons. The van der Waals surface area contributed by atoms with Gasteiger partial charge in [-0.2, -0.15) is 0 Å². The summed E-state index contributed by atoms with van der Waals surface area (Å²) in [6.07, 6.45) is 1.78. The Hall–Kier alpha value is -2.47. The van der Waals surface area contributed by atoms with Crippen LogP contribution in [0.3, 0.4) is 0 Å². The van der Waals surface area contributed by atoms with Gasteiger partial charge < -0.3 is 10.6 Å². The van der Waals surface area contributed by atoms with Crippen LogP contribution in [0.5, 0.6) is 0 Å². The molecular weight excluding hydrogens is 356 g/mol. The number of amides is 1. The van der Waals surface area contributed by atoms with Crippen LogP contribution in [-0.4, -0.2) is 15.9 Å². The number of carbonyl (C=O) groups excluding carboxylic acids is 1. The molecule has 1 amide bonds. The molecule has 1 aromatic heterocycles. The largest absolute Gasteiger partial charge is 0.326 e. The van der Waals surface area contributed by atoms with E-state index in [1.165, 1.54) is 6.92 Å². The van der Waals surface area contributed by atoms with E-state index in [1.807, 2.05) is 43.3 Å². The summed E-state index contributed by atoms with van der Waals surface area (Å²) in [6.45, 7) is 3.43. The van der Waals surface area contributed by atoms with Crippen LogP contribution >= 0.6 is 15.9 Å². The normalized spacial score (nSPS) is 10.6. The van der Waals surface area contributed by atoms with Crippen molar-refractivity contribution in [3.63, 3.8) is 0 Å². The van der Waals surface area contributed by atoms with Crippen molar-refractivity contribution in [3.05, 3.63) is 52.6 Å². The summed E-state index contributed by atoms with van der Waals surface area (Å²) < 4.78 is 0.920. The summed E-state index contributed by atoms with van der Waals surface area (Å²) in [5.41, 5.74) is 3.42. The van der Waals surface area contributed by atoms with Crippen molar-refractivity contribution in [1.29, 1.82) is 0 Å². The summed E-state index contributed by atoms with van der Waals surface area (Å²) in [5, 5.41) is 6.95. The molecule has 0 saturated heterocycles. The van der Waals surface area contributed by atoms with Gasteiger partial charge in [-0.1, -0.05) is 18.2 Å². The molecule has 5 nitrogen and oxygen atoms in total. The summed E-state index contributed by atoms with van der Waals surface area (Å²) in [7, 11) is 0. The first kappa shape index (κ1) is 15.4. The summed E-state index contributed by atoms with van der Waals surface area (Å²) >= 11 is 3.50. The summed E-state index contributed by atoms with van der Waals surface area (Å²) in [5.74, 6) is 0.401. The van der Waals surface area contributed by atoms with Gasteiger partial charge in [0.05, 0.1) is 5.52 Å². The number of fused-ring (bicyclic) bond motifs is 1. The third-order valence-electron chi connectivity index (χ3n) is 3.37. The van der Waals surface area contributed by atoms with Gasteiger partial charge >= 0.3 is 0 Å². The predicted molar refractivity (Wildman–Crippen MR) is 96.0 cm³/mol. The Bertz CT molecular complexity index is 895. The van der Waals surface area contributed by atoms with Crippen molar-refractivity contribution in [1.82, 2.24) is 9.97 Å². The average molecular weight is 371 g/mol. The van der Waals surface area contributed by atoms with E-state index in [-0.39, 0.29) is 5.91 Å². The predicted octanol–water partition coefficient (Wildman–Crippen LogP) is 4.40. The van der Waals surface area contributed by atoms with Crippen LogP contribution in [0.15, 0.2) is 47.1 Å². The molecule has 0 bridgehead atoms. The lowest BCUT2D eigenvalue weighted by Gasteiger charge is -2.11. The average Bonchev–Trinajstić information content (AvgIpc) is 2.51. The fourth-order valence-electron chi connectivity index (χ4n) is 2.23. The molecule has 0 aliphatic rings. The molecule has 0 unspecified atom stereocenters. The molecular formula is C17H15BrN4O. The first-order valence-corrected chi connectivity index (χ1v) is 7.89. The molecule has 0 atom stereocenters. The zero-order valence-electron chi connectivity index (χ0n) is 12.7. The van der Waals surface area contributed by atoms with Gasteiger partial charge in [-0.15, -0.1) is 0 Å². The maximum absolute atomic E-state index is 11.3. The van der Waals surface area contributed by atoms with Gasteiger partial charge in [0.25, 0.3) is 0 Å². The van der Waals surface area contributed by atoms with Crippen LogP contribution in [0.2, 0.25) is 0 Å². The van der Waals surface area contributed by atoms with Crippen molar-refractivity contribution in [2.45, 2.75) is 13.8 Å². The minimum Gasteiger partial charge on any atom is -0.326 e. The van der Waals surface area contributed by atoms with E-state index in [1.54, 1.807) is 6.20 Å². The molecule has 3 aromatic rings. The molecule has 3 rings (SSSR count). The molecule has 0 aliphatic heterocycles. The standard InChI is InChI=1S/C17H15BrN4O/c1-10-6-7-13(8-15(10)20-11(2)23)21-17-19-9-12-4-3-5-14(18)16(12)22-17/h3-9H,1-2H3,(H,20,23)(H,19,21,22). The number of carbonyl (C=O) groups is 1. The van der Waals surface area contributed by atoms with E-state index in [4.69, 9.17) is 0 Å². The molecule has 0 fully saturated rings. The SMILES string of the molecule is CC(=O)Nc1cc(Nc2ncc3cccc(Br)c3n2)ccc1C. The first-order valence-electron chi connectivity index (χ1n) is 7.09. The number of aromatic nitrogens is 2. The van der Waals surface area contributed by atoms with Crippen molar-refractivity contribution < 1.29 is 4.79 Å². The van der Waals surface area contributed by atoms with Gasteiger partial charge in [0.1, 0.15) is 0 Å². The highest BCUT2D eigenvalue weighted by Crippen LogP contribution is 2.25. The topological polar surface area (TPSA) is 66.9 Å². The van der Waals surface area contributed by atoms with Crippen LogP contribution in [0.1, 0.15) is 12.5 Å². The Morgan fingerprint density at radius 3 is 2.83 bits per heavy atom. The number of hydrogen-bond acceptors (Lipinski definition) is 4. The molecule has 0 saturated carbocycles. The number of anilines is 3. The van der Waals surface area contributed by atoms with Gasteiger partial charge in [-0.25, -0.2) is 9.97 Å². The molecule has 1 heterocycles.